The first kappa shape index (κ1) is 14.8. The number of hydrogen-bond acceptors (Lipinski definition) is 2. The molecular formula is C15H21ClFNO. The van der Waals surface area contributed by atoms with Crippen LogP contribution in [0.3, 0.4) is 0 Å². The Morgan fingerprint density at radius 1 is 1.47 bits per heavy atom. The second-order valence-corrected chi connectivity index (χ2v) is 5.45. The first-order valence-electron chi connectivity index (χ1n) is 6.89. The standard InChI is InChI=1S/C15H21ClFNO/c1-3-19-15(10-7-8-10)13(18-2)9-11-5-4-6-12(17)14(11)16/h4-6,10,13,15,18H,3,7-9H2,1-2H3. The van der Waals surface area contributed by atoms with Gasteiger partial charge in [-0.15, -0.1) is 0 Å². The van der Waals surface area contributed by atoms with Gasteiger partial charge in [0.15, 0.2) is 0 Å². The van der Waals surface area contributed by atoms with Crippen molar-refractivity contribution >= 4 is 11.6 Å². The quantitative estimate of drug-likeness (QED) is 0.829. The molecule has 1 saturated carbocycles. The molecule has 1 aromatic rings. The van der Waals surface area contributed by atoms with E-state index in [1.54, 1.807) is 6.07 Å². The van der Waals surface area contributed by atoms with Crippen molar-refractivity contribution in [3.63, 3.8) is 0 Å². The lowest BCUT2D eigenvalue weighted by atomic mass is 9.98. The number of benzene rings is 1. The molecule has 2 unspecified atom stereocenters. The lowest BCUT2D eigenvalue weighted by Crippen LogP contribution is -2.42. The van der Waals surface area contributed by atoms with E-state index in [1.165, 1.54) is 18.9 Å². The zero-order valence-corrected chi connectivity index (χ0v) is 12.2. The summed E-state index contributed by atoms with van der Waals surface area (Å²) in [4.78, 5) is 0. The monoisotopic (exact) mass is 285 g/mol. The number of likely N-dealkylation sites (N-methyl/N-ethyl adjacent to an activating group) is 1. The highest BCUT2D eigenvalue weighted by Crippen LogP contribution is 2.37. The maximum Gasteiger partial charge on any atom is 0.142 e. The van der Waals surface area contributed by atoms with E-state index in [2.05, 4.69) is 5.32 Å². The fraction of sp³-hybridized carbons (Fsp3) is 0.600. The molecule has 2 nitrogen and oxygen atoms in total. The number of rotatable bonds is 7. The fourth-order valence-electron chi connectivity index (χ4n) is 2.52. The molecule has 1 aromatic carbocycles. The summed E-state index contributed by atoms with van der Waals surface area (Å²) in [5.74, 6) is 0.276. The molecule has 0 bridgehead atoms. The molecule has 0 aliphatic heterocycles. The van der Waals surface area contributed by atoms with Crippen molar-refractivity contribution < 1.29 is 9.13 Å². The van der Waals surface area contributed by atoms with Crippen molar-refractivity contribution in [1.82, 2.24) is 5.32 Å². The molecule has 1 fully saturated rings. The van der Waals surface area contributed by atoms with Crippen LogP contribution in [0, 0.1) is 11.7 Å². The van der Waals surface area contributed by atoms with Crippen LogP contribution < -0.4 is 5.32 Å². The Hall–Kier alpha value is -0.640. The molecule has 0 saturated heterocycles. The molecule has 0 radical (unpaired) electrons. The van der Waals surface area contributed by atoms with Crippen molar-refractivity contribution in [2.75, 3.05) is 13.7 Å². The van der Waals surface area contributed by atoms with Crippen LogP contribution in [0.15, 0.2) is 18.2 Å². The van der Waals surface area contributed by atoms with Crippen molar-refractivity contribution in [1.29, 1.82) is 0 Å². The van der Waals surface area contributed by atoms with E-state index in [4.69, 9.17) is 16.3 Å². The highest BCUT2D eigenvalue weighted by Gasteiger charge is 2.36. The van der Waals surface area contributed by atoms with Crippen LogP contribution in [-0.4, -0.2) is 25.8 Å². The Balaban J connectivity index is 2.10. The van der Waals surface area contributed by atoms with Gasteiger partial charge < -0.3 is 10.1 Å². The Kier molecular flexibility index (Phi) is 5.20. The molecule has 1 aliphatic carbocycles. The second kappa shape index (κ2) is 6.69. The van der Waals surface area contributed by atoms with Crippen LogP contribution in [0.1, 0.15) is 25.3 Å². The topological polar surface area (TPSA) is 21.3 Å². The predicted octanol–water partition coefficient (Wildman–Crippen LogP) is 3.42. The van der Waals surface area contributed by atoms with Crippen molar-refractivity contribution in [2.45, 2.75) is 38.3 Å². The molecule has 0 aromatic heterocycles. The largest absolute Gasteiger partial charge is 0.377 e. The van der Waals surface area contributed by atoms with Gasteiger partial charge >= 0.3 is 0 Å². The maximum absolute atomic E-state index is 13.5. The van der Waals surface area contributed by atoms with E-state index >= 15 is 0 Å². The second-order valence-electron chi connectivity index (χ2n) is 5.07. The minimum atomic E-state index is -0.353. The van der Waals surface area contributed by atoms with Crippen LogP contribution >= 0.6 is 11.6 Å². The summed E-state index contributed by atoms with van der Waals surface area (Å²) in [6.45, 7) is 2.72. The molecule has 1 aliphatic rings. The number of hydrogen-bond donors (Lipinski definition) is 1. The van der Waals surface area contributed by atoms with Crippen LogP contribution in [0.2, 0.25) is 5.02 Å². The Bertz CT molecular complexity index is 423. The van der Waals surface area contributed by atoms with Gasteiger partial charge in [0.2, 0.25) is 0 Å². The van der Waals surface area contributed by atoms with Gasteiger partial charge in [0, 0.05) is 12.6 Å². The Morgan fingerprint density at radius 2 is 2.21 bits per heavy atom. The summed E-state index contributed by atoms with van der Waals surface area (Å²) < 4.78 is 19.3. The van der Waals surface area contributed by atoms with E-state index in [1.807, 2.05) is 20.0 Å². The molecule has 4 heteroatoms. The van der Waals surface area contributed by atoms with Gasteiger partial charge in [-0.05, 0) is 50.8 Å². The third-order valence-electron chi connectivity index (χ3n) is 3.68. The molecule has 0 spiro atoms. The van der Waals surface area contributed by atoms with Crippen LogP contribution in [0.25, 0.3) is 0 Å². The summed E-state index contributed by atoms with van der Waals surface area (Å²) >= 11 is 6.03. The van der Waals surface area contributed by atoms with E-state index in [-0.39, 0.29) is 23.0 Å². The third-order valence-corrected chi connectivity index (χ3v) is 4.11. The van der Waals surface area contributed by atoms with E-state index in [0.717, 1.165) is 5.56 Å². The zero-order chi connectivity index (χ0) is 13.8. The van der Waals surface area contributed by atoms with Gasteiger partial charge in [-0.25, -0.2) is 4.39 Å². The molecule has 2 atom stereocenters. The molecule has 2 rings (SSSR count). The summed E-state index contributed by atoms with van der Waals surface area (Å²) in [5, 5.41) is 3.53. The average molecular weight is 286 g/mol. The summed E-state index contributed by atoms with van der Waals surface area (Å²) in [5.41, 5.74) is 0.839. The van der Waals surface area contributed by atoms with E-state index in [9.17, 15) is 4.39 Å². The third kappa shape index (κ3) is 3.68. The Labute approximate surface area is 119 Å². The van der Waals surface area contributed by atoms with Crippen molar-refractivity contribution in [3.8, 4) is 0 Å². The number of ether oxygens (including phenoxy) is 1. The summed E-state index contributed by atoms with van der Waals surface area (Å²) in [6, 6.07) is 5.15. The van der Waals surface area contributed by atoms with Gasteiger partial charge in [-0.2, -0.15) is 0 Å². The molecular weight excluding hydrogens is 265 g/mol. The minimum Gasteiger partial charge on any atom is -0.377 e. The lowest BCUT2D eigenvalue weighted by molar-refractivity contribution is 0.0211. The SMILES string of the molecule is CCOC(C1CC1)C(Cc1cccc(F)c1Cl)NC. The van der Waals surface area contributed by atoms with Crippen molar-refractivity contribution in [3.05, 3.63) is 34.6 Å². The van der Waals surface area contributed by atoms with Gasteiger partial charge in [0.25, 0.3) is 0 Å². The zero-order valence-electron chi connectivity index (χ0n) is 11.5. The number of nitrogens with one attached hydrogen (secondary N) is 1. The lowest BCUT2D eigenvalue weighted by Gasteiger charge is -2.27. The first-order chi connectivity index (χ1) is 9.17. The van der Waals surface area contributed by atoms with Gasteiger partial charge in [-0.3, -0.25) is 0 Å². The molecule has 19 heavy (non-hydrogen) atoms. The van der Waals surface area contributed by atoms with Crippen LogP contribution in [-0.2, 0) is 11.2 Å². The van der Waals surface area contributed by atoms with Gasteiger partial charge in [0.05, 0.1) is 11.1 Å². The molecule has 0 amide bonds. The maximum atomic E-state index is 13.5. The van der Waals surface area contributed by atoms with Crippen molar-refractivity contribution in [2.24, 2.45) is 5.92 Å². The highest BCUT2D eigenvalue weighted by molar-refractivity contribution is 6.31. The van der Waals surface area contributed by atoms with E-state index in [0.29, 0.717) is 18.9 Å². The normalized spacial score (nSPS) is 18.3. The minimum absolute atomic E-state index is 0.173. The van der Waals surface area contributed by atoms with Crippen LogP contribution in [0.4, 0.5) is 4.39 Å². The number of halogens is 2. The smallest absolute Gasteiger partial charge is 0.142 e. The fourth-order valence-corrected chi connectivity index (χ4v) is 2.73. The Morgan fingerprint density at radius 3 is 2.79 bits per heavy atom. The molecule has 106 valence electrons. The highest BCUT2D eigenvalue weighted by atomic mass is 35.5. The summed E-state index contributed by atoms with van der Waals surface area (Å²) in [7, 11) is 1.92. The molecule has 1 N–H and O–H groups in total. The van der Waals surface area contributed by atoms with Crippen LogP contribution in [0.5, 0.6) is 0 Å². The predicted molar refractivity (Wildman–Crippen MR) is 76.1 cm³/mol. The van der Waals surface area contributed by atoms with Gasteiger partial charge in [0.1, 0.15) is 5.82 Å². The van der Waals surface area contributed by atoms with Gasteiger partial charge in [-0.1, -0.05) is 23.7 Å². The van der Waals surface area contributed by atoms with E-state index < -0.39 is 0 Å². The first-order valence-corrected chi connectivity index (χ1v) is 7.27. The summed E-state index contributed by atoms with van der Waals surface area (Å²) in [6.07, 6.45) is 3.32. The average Bonchev–Trinajstić information content (AvgIpc) is 3.23. The molecule has 0 heterocycles.